The number of aromatic hydroxyl groups is 1. The van der Waals surface area contributed by atoms with E-state index < -0.39 is 0 Å². The lowest BCUT2D eigenvalue weighted by atomic mass is 9.67. The van der Waals surface area contributed by atoms with Crippen molar-refractivity contribution in [2.24, 2.45) is 5.92 Å². The van der Waals surface area contributed by atoms with Gasteiger partial charge in [0.1, 0.15) is 17.1 Å². The van der Waals surface area contributed by atoms with E-state index in [9.17, 15) is 5.11 Å². The Kier molecular flexibility index (Phi) is 5.28. The van der Waals surface area contributed by atoms with Crippen molar-refractivity contribution in [3.05, 3.63) is 34.9 Å². The lowest BCUT2D eigenvalue weighted by Crippen LogP contribution is -2.45. The van der Waals surface area contributed by atoms with Crippen LogP contribution in [0.3, 0.4) is 0 Å². The highest BCUT2D eigenvalue weighted by Gasteiger charge is 2.45. The fraction of sp³-hybridized carbons (Fsp3) is 0.522. The van der Waals surface area contributed by atoms with E-state index in [4.69, 9.17) is 10.00 Å². The van der Waals surface area contributed by atoms with Gasteiger partial charge in [0, 0.05) is 36.7 Å². The third-order valence-electron chi connectivity index (χ3n) is 5.57. The largest absolute Gasteiger partial charge is 0.508 e. The van der Waals surface area contributed by atoms with E-state index in [1.807, 2.05) is 12.1 Å². The zero-order chi connectivity index (χ0) is 18.7. The van der Waals surface area contributed by atoms with Gasteiger partial charge in [-0.25, -0.2) is 0 Å². The number of nitrogens with zero attached hydrogens (tertiary/aromatic N) is 1. The van der Waals surface area contributed by atoms with Crippen LogP contribution in [0.25, 0.3) is 0 Å². The molecule has 1 heterocycles. The van der Waals surface area contributed by atoms with Gasteiger partial charge in [0.25, 0.3) is 0 Å². The molecule has 0 fully saturated rings. The number of hydrogen-bond donors (Lipinski definition) is 1. The van der Waals surface area contributed by atoms with Crippen LogP contribution < -0.4 is 4.74 Å². The van der Waals surface area contributed by atoms with Crippen molar-refractivity contribution < 1.29 is 9.84 Å². The summed E-state index contributed by atoms with van der Waals surface area (Å²) in [4.78, 5) is 0. The minimum atomic E-state index is -0.247. The van der Waals surface area contributed by atoms with Crippen LogP contribution in [0.15, 0.2) is 23.8 Å². The molecule has 3 nitrogen and oxygen atoms in total. The molecule has 2 atom stereocenters. The summed E-state index contributed by atoms with van der Waals surface area (Å²) < 4.78 is 6.33. The highest BCUT2D eigenvalue weighted by molar-refractivity contribution is 5.53. The number of hydrogen-bond acceptors (Lipinski definition) is 3. The van der Waals surface area contributed by atoms with E-state index in [2.05, 4.69) is 44.8 Å². The summed E-state index contributed by atoms with van der Waals surface area (Å²) >= 11 is 0. The first-order chi connectivity index (χ1) is 12.4. The standard InChI is InChI=1S/C23H27NO2/c1-16-10-11-19-18(13-16)22-20(25)14-17(9-7-5-4-6-8-12-24)15-21(22)26-23(19,2)3/h10,14-15,18-19,25H,4,6,8-9,11,13H2,1-3H3/t18-,19-/m1/s1. The Hall–Kier alpha value is -2.39. The second-order valence-electron chi connectivity index (χ2n) is 7.98. The minimum Gasteiger partial charge on any atom is -0.508 e. The van der Waals surface area contributed by atoms with Gasteiger partial charge < -0.3 is 9.84 Å². The molecule has 0 saturated heterocycles. The first-order valence-corrected chi connectivity index (χ1v) is 9.45. The van der Waals surface area contributed by atoms with Crippen molar-refractivity contribution in [1.29, 1.82) is 5.26 Å². The van der Waals surface area contributed by atoms with Crippen LogP contribution in [0.4, 0.5) is 0 Å². The molecule has 1 aliphatic carbocycles. The van der Waals surface area contributed by atoms with E-state index in [0.717, 1.165) is 42.6 Å². The highest BCUT2D eigenvalue weighted by Crippen LogP contribution is 2.54. The number of phenolic OH excluding ortho intramolecular Hbond substituents is 1. The molecular formula is C23H27NO2. The number of unbranched alkanes of at least 4 members (excludes halogenated alkanes) is 2. The van der Waals surface area contributed by atoms with Crippen molar-refractivity contribution in [3.63, 3.8) is 0 Å². The van der Waals surface area contributed by atoms with Gasteiger partial charge in [-0.15, -0.1) is 5.92 Å². The molecule has 26 heavy (non-hydrogen) atoms. The van der Waals surface area contributed by atoms with Crippen molar-refractivity contribution in [3.8, 4) is 29.4 Å². The highest BCUT2D eigenvalue weighted by atomic mass is 16.5. The van der Waals surface area contributed by atoms with Crippen LogP contribution in [-0.2, 0) is 6.42 Å². The molecule has 136 valence electrons. The predicted octanol–water partition coefficient (Wildman–Crippen LogP) is 5.24. The van der Waals surface area contributed by atoms with Gasteiger partial charge in [0.15, 0.2) is 0 Å². The van der Waals surface area contributed by atoms with Crippen molar-refractivity contribution in [1.82, 2.24) is 0 Å². The molecule has 1 N–H and O–H groups in total. The van der Waals surface area contributed by atoms with Crippen molar-refractivity contribution in [2.45, 2.75) is 70.8 Å². The van der Waals surface area contributed by atoms with Crippen LogP contribution >= 0.6 is 0 Å². The summed E-state index contributed by atoms with van der Waals surface area (Å²) in [5, 5.41) is 19.3. The third kappa shape index (κ3) is 3.73. The van der Waals surface area contributed by atoms with Crippen LogP contribution in [0.5, 0.6) is 11.5 Å². The number of ether oxygens (including phenoxy) is 1. The van der Waals surface area contributed by atoms with Gasteiger partial charge in [-0.05, 0) is 57.7 Å². The first kappa shape index (κ1) is 18.4. The molecule has 0 amide bonds. The summed E-state index contributed by atoms with van der Waals surface area (Å²) in [6.45, 7) is 6.48. The van der Waals surface area contributed by atoms with Gasteiger partial charge in [-0.3, -0.25) is 0 Å². The second kappa shape index (κ2) is 7.46. The summed E-state index contributed by atoms with van der Waals surface area (Å²) in [7, 11) is 0. The van der Waals surface area contributed by atoms with E-state index in [1.54, 1.807) is 0 Å². The van der Waals surface area contributed by atoms with Gasteiger partial charge in [-0.2, -0.15) is 5.26 Å². The average molecular weight is 349 g/mol. The number of phenols is 1. The number of nitriles is 1. The minimum absolute atomic E-state index is 0.247. The summed E-state index contributed by atoms with van der Waals surface area (Å²) in [5.41, 5.74) is 3.09. The van der Waals surface area contributed by atoms with Gasteiger partial charge in [-0.1, -0.05) is 17.6 Å². The Morgan fingerprint density at radius 2 is 2.08 bits per heavy atom. The monoisotopic (exact) mass is 349 g/mol. The summed E-state index contributed by atoms with van der Waals surface area (Å²) in [5.74, 6) is 8.09. The normalized spacial score (nSPS) is 22.6. The zero-order valence-electron chi connectivity index (χ0n) is 15.9. The van der Waals surface area contributed by atoms with Crippen molar-refractivity contribution >= 4 is 0 Å². The fourth-order valence-electron chi connectivity index (χ4n) is 4.23. The van der Waals surface area contributed by atoms with Crippen molar-refractivity contribution in [2.75, 3.05) is 0 Å². The molecule has 1 aromatic rings. The number of rotatable bonds is 3. The Labute approximate surface area is 156 Å². The van der Waals surface area contributed by atoms with E-state index in [0.29, 0.717) is 30.4 Å². The Morgan fingerprint density at radius 3 is 2.85 bits per heavy atom. The summed E-state index contributed by atoms with van der Waals surface area (Å²) in [6.07, 6.45) is 6.98. The lowest BCUT2D eigenvalue weighted by molar-refractivity contribution is 0.00754. The number of allylic oxidation sites excluding steroid dienone is 2. The Bertz CT molecular complexity index is 817. The van der Waals surface area contributed by atoms with E-state index in [-0.39, 0.29) is 5.60 Å². The van der Waals surface area contributed by atoms with Crippen LogP contribution in [-0.4, -0.2) is 10.7 Å². The molecular weight excluding hydrogens is 322 g/mol. The smallest absolute Gasteiger partial charge is 0.127 e. The van der Waals surface area contributed by atoms with E-state index >= 15 is 0 Å². The first-order valence-electron chi connectivity index (χ1n) is 9.45. The lowest BCUT2D eigenvalue weighted by Gasteiger charge is -2.47. The zero-order valence-corrected chi connectivity index (χ0v) is 15.9. The molecule has 3 heteroatoms. The molecule has 1 aliphatic heterocycles. The molecule has 3 rings (SSSR count). The fourth-order valence-corrected chi connectivity index (χ4v) is 4.23. The maximum atomic E-state index is 10.7. The maximum absolute atomic E-state index is 10.7. The molecule has 0 radical (unpaired) electrons. The molecule has 0 bridgehead atoms. The average Bonchev–Trinajstić information content (AvgIpc) is 2.56. The Morgan fingerprint density at radius 1 is 1.27 bits per heavy atom. The SMILES string of the molecule is CC1=CC[C@@H]2[C@@H](C1)c1c(O)cc(CC#CCCCC#N)cc1OC2(C)C. The second-order valence-corrected chi connectivity index (χ2v) is 7.98. The third-order valence-corrected chi connectivity index (χ3v) is 5.57. The van der Waals surface area contributed by atoms with E-state index in [1.165, 1.54) is 5.57 Å². The molecule has 0 saturated carbocycles. The van der Waals surface area contributed by atoms with Crippen LogP contribution in [0.1, 0.15) is 69.9 Å². The van der Waals surface area contributed by atoms with Crippen LogP contribution in [0.2, 0.25) is 0 Å². The number of benzene rings is 1. The van der Waals surface area contributed by atoms with Gasteiger partial charge in [0.05, 0.1) is 6.07 Å². The summed E-state index contributed by atoms with van der Waals surface area (Å²) in [6, 6.07) is 6.02. The molecule has 1 aromatic carbocycles. The Balaban J connectivity index is 1.84. The van der Waals surface area contributed by atoms with Crippen LogP contribution in [0, 0.1) is 29.1 Å². The molecule has 0 spiro atoms. The molecule has 0 aromatic heterocycles. The maximum Gasteiger partial charge on any atom is 0.127 e. The topological polar surface area (TPSA) is 53.2 Å². The van der Waals surface area contributed by atoms with Gasteiger partial charge in [0.2, 0.25) is 0 Å². The molecule has 0 unspecified atom stereocenters. The number of fused-ring (bicyclic) bond motifs is 3. The molecule has 2 aliphatic rings. The quantitative estimate of drug-likeness (QED) is 0.461. The van der Waals surface area contributed by atoms with Gasteiger partial charge >= 0.3 is 0 Å². The predicted molar refractivity (Wildman–Crippen MR) is 103 cm³/mol.